The number of aromatic nitrogens is 3. The Balaban J connectivity index is 1.41. The maximum absolute atomic E-state index is 13.0. The van der Waals surface area contributed by atoms with Gasteiger partial charge in [-0.05, 0) is 0 Å². The van der Waals surface area contributed by atoms with E-state index < -0.39 is 20.4 Å². The standard InChI is InChI=1S/C24H13N3O2Te/c28-22-17-11-14-3-1-2-4-15(14)12-18(17)23(29)19(22)13-16-5-6-21(30-16)27-10-7-20-24(27)26-9-8-25-20/h1-13H. The molecule has 6 rings (SSSR count). The number of rotatable bonds is 2. The van der Waals surface area contributed by atoms with Crippen LogP contribution in [-0.4, -0.2) is 46.5 Å². The zero-order valence-corrected chi connectivity index (χ0v) is 17.9. The summed E-state index contributed by atoms with van der Waals surface area (Å²) < 4.78 is 4.26. The molecule has 5 aromatic rings. The fraction of sp³-hybridized carbons (Fsp3) is 0. The van der Waals surface area contributed by atoms with Gasteiger partial charge in [-0.3, -0.25) is 0 Å². The first kappa shape index (κ1) is 17.5. The first-order chi connectivity index (χ1) is 14.7. The van der Waals surface area contributed by atoms with E-state index in [1.807, 2.05) is 65.4 Å². The second kappa shape index (κ2) is 6.60. The second-order valence-electron chi connectivity index (χ2n) is 7.09. The third kappa shape index (κ3) is 2.62. The van der Waals surface area contributed by atoms with Crippen LogP contribution in [0.5, 0.6) is 0 Å². The SMILES string of the molecule is O=C1C(=Cc2ccc(-n3ccc4nccnc43)[te]2)C(=O)c2cc3ccccc3cc21. The molecule has 0 radical (unpaired) electrons. The van der Waals surface area contributed by atoms with Crippen molar-refractivity contribution in [3.63, 3.8) is 0 Å². The Kier molecular flexibility index (Phi) is 3.85. The molecule has 1 aliphatic rings. The molecule has 5 nitrogen and oxygen atoms in total. The van der Waals surface area contributed by atoms with E-state index >= 15 is 0 Å². The summed E-state index contributed by atoms with van der Waals surface area (Å²) in [6.07, 6.45) is 7.12. The van der Waals surface area contributed by atoms with Crippen molar-refractivity contribution in [3.8, 4) is 3.70 Å². The fourth-order valence-electron chi connectivity index (χ4n) is 3.87. The topological polar surface area (TPSA) is 64.8 Å². The molecule has 0 saturated carbocycles. The number of nitrogens with zero attached hydrogens (tertiary/aromatic N) is 3. The monoisotopic (exact) mass is 505 g/mol. The van der Waals surface area contributed by atoms with Crippen molar-refractivity contribution < 1.29 is 9.59 Å². The van der Waals surface area contributed by atoms with Gasteiger partial charge < -0.3 is 0 Å². The van der Waals surface area contributed by atoms with E-state index in [2.05, 4.69) is 9.97 Å². The van der Waals surface area contributed by atoms with Crippen LogP contribution >= 0.6 is 0 Å². The van der Waals surface area contributed by atoms with Crippen LogP contribution < -0.4 is 0 Å². The molecule has 1 aliphatic carbocycles. The van der Waals surface area contributed by atoms with Gasteiger partial charge in [0.2, 0.25) is 0 Å². The predicted octanol–water partition coefficient (Wildman–Crippen LogP) is 4.09. The third-order valence-electron chi connectivity index (χ3n) is 5.32. The van der Waals surface area contributed by atoms with Crippen LogP contribution in [0.25, 0.3) is 31.7 Å². The van der Waals surface area contributed by atoms with Crippen LogP contribution in [0.4, 0.5) is 0 Å². The van der Waals surface area contributed by atoms with Crippen molar-refractivity contribution in [2.75, 3.05) is 0 Å². The van der Waals surface area contributed by atoms with Crippen LogP contribution in [0.3, 0.4) is 0 Å². The van der Waals surface area contributed by atoms with E-state index in [0.717, 1.165) is 29.2 Å². The molecule has 0 aliphatic heterocycles. The van der Waals surface area contributed by atoms with Crippen LogP contribution in [0.15, 0.2) is 78.8 Å². The molecule has 0 unspecified atom stereocenters. The van der Waals surface area contributed by atoms with Crippen molar-refractivity contribution in [3.05, 3.63) is 93.5 Å². The molecule has 3 aromatic heterocycles. The average molecular weight is 503 g/mol. The molecule has 6 heteroatoms. The summed E-state index contributed by atoms with van der Waals surface area (Å²) in [5.74, 6) is -0.361. The Morgan fingerprint density at radius 2 is 1.53 bits per heavy atom. The maximum atomic E-state index is 13.0. The molecule has 0 spiro atoms. The van der Waals surface area contributed by atoms with Gasteiger partial charge in [0, 0.05) is 0 Å². The van der Waals surface area contributed by atoms with Gasteiger partial charge in [0.05, 0.1) is 0 Å². The Morgan fingerprint density at radius 1 is 0.833 bits per heavy atom. The number of ketones is 2. The molecule has 0 bridgehead atoms. The molecule has 30 heavy (non-hydrogen) atoms. The van der Waals surface area contributed by atoms with Gasteiger partial charge in [-0.1, -0.05) is 0 Å². The molecule has 0 fully saturated rings. The summed E-state index contributed by atoms with van der Waals surface area (Å²) in [7, 11) is 0. The van der Waals surface area contributed by atoms with Gasteiger partial charge in [-0.15, -0.1) is 0 Å². The zero-order valence-electron chi connectivity index (χ0n) is 15.6. The number of carbonyl (C=O) groups excluding carboxylic acids is 2. The molecule has 0 N–H and O–H groups in total. The van der Waals surface area contributed by atoms with Gasteiger partial charge in [-0.25, -0.2) is 0 Å². The summed E-state index contributed by atoms with van der Waals surface area (Å²) in [4.78, 5) is 34.7. The molecule has 0 atom stereocenters. The number of Topliss-reactive ketones (excluding diaryl/α,β-unsaturated/α-hetero) is 2. The van der Waals surface area contributed by atoms with E-state index in [4.69, 9.17) is 0 Å². The van der Waals surface area contributed by atoms with Crippen LogP contribution in [0.1, 0.15) is 24.3 Å². The average Bonchev–Trinajstić information content (AvgIpc) is 3.47. The summed E-state index contributed by atoms with van der Waals surface area (Å²) in [6, 6.07) is 17.5. The van der Waals surface area contributed by atoms with Crippen molar-refractivity contribution in [1.82, 2.24) is 14.5 Å². The molecule has 142 valence electrons. The molecule has 0 saturated heterocycles. The Labute approximate surface area is 180 Å². The number of benzene rings is 2. The third-order valence-corrected chi connectivity index (χ3v) is 8.26. The minimum absolute atomic E-state index is 0.181. The van der Waals surface area contributed by atoms with E-state index in [1.54, 1.807) is 18.5 Å². The zero-order chi connectivity index (χ0) is 20.2. The summed E-state index contributed by atoms with van der Waals surface area (Å²) in [6.45, 7) is 0. The molecular weight excluding hydrogens is 490 g/mol. The van der Waals surface area contributed by atoms with Crippen molar-refractivity contribution in [2.45, 2.75) is 0 Å². The number of fused-ring (bicyclic) bond motifs is 3. The number of allylic oxidation sites excluding steroid dienone is 1. The van der Waals surface area contributed by atoms with Gasteiger partial charge >= 0.3 is 181 Å². The quantitative estimate of drug-likeness (QED) is 0.207. The number of carbonyl (C=O) groups is 2. The van der Waals surface area contributed by atoms with Gasteiger partial charge in [0.25, 0.3) is 0 Å². The minimum atomic E-state index is -0.757. The number of hydrogen-bond acceptors (Lipinski definition) is 4. The van der Waals surface area contributed by atoms with Crippen LogP contribution in [-0.2, 0) is 0 Å². The first-order valence-corrected chi connectivity index (χ1v) is 11.7. The molecule has 2 aromatic carbocycles. The van der Waals surface area contributed by atoms with E-state index in [-0.39, 0.29) is 17.1 Å². The normalized spacial score (nSPS) is 13.4. The fourth-order valence-corrected chi connectivity index (χ4v) is 6.54. The predicted molar refractivity (Wildman–Crippen MR) is 116 cm³/mol. The van der Waals surface area contributed by atoms with Crippen molar-refractivity contribution in [2.24, 2.45) is 0 Å². The van der Waals surface area contributed by atoms with Gasteiger partial charge in [-0.2, -0.15) is 0 Å². The van der Waals surface area contributed by atoms with E-state index in [1.165, 1.54) is 0 Å². The summed E-state index contributed by atoms with van der Waals surface area (Å²) >= 11 is -0.757. The van der Waals surface area contributed by atoms with Crippen molar-refractivity contribution in [1.29, 1.82) is 0 Å². The number of hydrogen-bond donors (Lipinski definition) is 0. The van der Waals surface area contributed by atoms with E-state index in [9.17, 15) is 9.59 Å². The first-order valence-electron chi connectivity index (χ1n) is 9.41. The van der Waals surface area contributed by atoms with Crippen molar-refractivity contribution >= 4 is 60.0 Å². The Bertz CT molecular complexity index is 1480. The molecule has 3 heterocycles. The summed E-state index contributed by atoms with van der Waals surface area (Å²) in [5, 5.41) is 1.94. The Morgan fingerprint density at radius 3 is 2.27 bits per heavy atom. The van der Waals surface area contributed by atoms with Crippen LogP contribution in [0, 0.1) is 0 Å². The van der Waals surface area contributed by atoms with Crippen LogP contribution in [0.2, 0.25) is 0 Å². The second-order valence-corrected chi connectivity index (χ2v) is 10.2. The molecular formula is C24H13N3O2Te. The Hall–Kier alpha value is -3.33. The van der Waals surface area contributed by atoms with Gasteiger partial charge in [0.1, 0.15) is 0 Å². The van der Waals surface area contributed by atoms with Gasteiger partial charge in [0.15, 0.2) is 0 Å². The summed E-state index contributed by atoms with van der Waals surface area (Å²) in [5.41, 5.74) is 2.95. The van der Waals surface area contributed by atoms with E-state index in [0.29, 0.717) is 11.1 Å². The molecule has 0 amide bonds.